The van der Waals surface area contributed by atoms with Crippen LogP contribution in [0, 0.1) is 6.92 Å². The molecule has 0 aliphatic rings. The van der Waals surface area contributed by atoms with Crippen LogP contribution in [0.25, 0.3) is 0 Å². The van der Waals surface area contributed by atoms with Crippen LogP contribution >= 0.6 is 27.5 Å². The summed E-state index contributed by atoms with van der Waals surface area (Å²) < 4.78 is 30.1. The van der Waals surface area contributed by atoms with E-state index in [4.69, 9.17) is 11.6 Å². The Labute approximate surface area is 279 Å². The van der Waals surface area contributed by atoms with E-state index in [9.17, 15) is 18.0 Å². The Morgan fingerprint density at radius 1 is 0.889 bits per heavy atom. The highest BCUT2D eigenvalue weighted by Crippen LogP contribution is 2.29. The minimum Gasteiger partial charge on any atom is -0.354 e. The van der Waals surface area contributed by atoms with Crippen LogP contribution in [0.4, 0.5) is 5.69 Å². The molecule has 7 nitrogen and oxygen atoms in total. The number of hydrogen-bond donors (Lipinski definition) is 1. The van der Waals surface area contributed by atoms with Crippen LogP contribution < -0.4 is 9.62 Å². The second-order valence-corrected chi connectivity index (χ2v) is 13.9. The second-order valence-electron chi connectivity index (χ2n) is 10.8. The number of anilines is 1. The van der Waals surface area contributed by atoms with E-state index in [-0.39, 0.29) is 29.5 Å². The standard InChI is InChI=1S/C35H37BrClN3O4S/c1-3-4-21-38-35(42)33(22-27-11-7-5-8-12-27)39(24-28-16-18-29(36)19-17-28)34(41)25-40(30-20-15-26(2)32(37)23-30)45(43,44)31-13-9-6-10-14-31/h5-20,23,33H,3-4,21-22,24-25H2,1-2H3,(H,38,42)/t33-/m0/s1. The molecule has 4 aromatic rings. The van der Waals surface area contributed by atoms with E-state index in [0.29, 0.717) is 11.6 Å². The molecule has 45 heavy (non-hydrogen) atoms. The fourth-order valence-electron chi connectivity index (χ4n) is 4.83. The minimum absolute atomic E-state index is 0.0344. The van der Waals surface area contributed by atoms with Gasteiger partial charge in [-0.25, -0.2) is 8.42 Å². The van der Waals surface area contributed by atoms with Gasteiger partial charge in [0.1, 0.15) is 12.6 Å². The quantitative estimate of drug-likeness (QED) is 0.141. The first-order valence-corrected chi connectivity index (χ1v) is 17.4. The molecule has 0 saturated heterocycles. The third kappa shape index (κ3) is 9.19. The first-order valence-electron chi connectivity index (χ1n) is 14.8. The molecule has 1 atom stereocenters. The van der Waals surface area contributed by atoms with Crippen molar-refractivity contribution in [3.8, 4) is 0 Å². The summed E-state index contributed by atoms with van der Waals surface area (Å²) in [5.41, 5.74) is 2.69. The monoisotopic (exact) mass is 709 g/mol. The molecule has 1 N–H and O–H groups in total. The summed E-state index contributed by atoms with van der Waals surface area (Å²) in [4.78, 5) is 29.8. The van der Waals surface area contributed by atoms with Crippen LogP contribution in [-0.2, 0) is 32.6 Å². The molecule has 0 unspecified atom stereocenters. The lowest BCUT2D eigenvalue weighted by atomic mass is 10.0. The third-order valence-corrected chi connectivity index (χ3v) is 10.1. The van der Waals surface area contributed by atoms with Gasteiger partial charge in [-0.3, -0.25) is 13.9 Å². The van der Waals surface area contributed by atoms with Gasteiger partial charge in [-0.15, -0.1) is 0 Å². The van der Waals surface area contributed by atoms with Crippen molar-refractivity contribution >= 4 is 55.1 Å². The number of hydrogen-bond acceptors (Lipinski definition) is 4. The highest BCUT2D eigenvalue weighted by Gasteiger charge is 2.34. The number of aryl methyl sites for hydroxylation is 1. The van der Waals surface area contributed by atoms with Gasteiger partial charge >= 0.3 is 0 Å². The summed E-state index contributed by atoms with van der Waals surface area (Å²) in [5.74, 6) is -0.825. The molecule has 0 spiro atoms. The zero-order valence-electron chi connectivity index (χ0n) is 25.3. The maximum Gasteiger partial charge on any atom is 0.264 e. The van der Waals surface area contributed by atoms with Crippen molar-refractivity contribution in [3.63, 3.8) is 0 Å². The molecule has 0 saturated carbocycles. The molecule has 4 aromatic carbocycles. The number of halogens is 2. The van der Waals surface area contributed by atoms with Gasteiger partial charge in [-0.2, -0.15) is 0 Å². The summed E-state index contributed by atoms with van der Waals surface area (Å²) in [5, 5.41) is 3.37. The van der Waals surface area contributed by atoms with Crippen molar-refractivity contribution in [3.05, 3.63) is 129 Å². The summed E-state index contributed by atoms with van der Waals surface area (Å²) in [6.45, 7) is 3.88. The first kappa shape index (κ1) is 34.2. The smallest absolute Gasteiger partial charge is 0.264 e. The van der Waals surface area contributed by atoms with Crippen molar-refractivity contribution in [2.24, 2.45) is 0 Å². The maximum atomic E-state index is 14.5. The van der Waals surface area contributed by atoms with Gasteiger partial charge in [-0.1, -0.05) is 108 Å². The van der Waals surface area contributed by atoms with Crippen LogP contribution in [0.1, 0.15) is 36.5 Å². The number of sulfonamides is 1. The van der Waals surface area contributed by atoms with Gasteiger partial charge < -0.3 is 10.2 Å². The summed E-state index contributed by atoms with van der Waals surface area (Å²) in [7, 11) is -4.19. The van der Waals surface area contributed by atoms with Crippen molar-refractivity contribution < 1.29 is 18.0 Å². The van der Waals surface area contributed by atoms with Gasteiger partial charge in [0.05, 0.1) is 10.6 Å². The summed E-state index contributed by atoms with van der Waals surface area (Å²) >= 11 is 9.90. The van der Waals surface area contributed by atoms with Crippen LogP contribution in [-0.4, -0.2) is 44.3 Å². The van der Waals surface area contributed by atoms with Crippen molar-refractivity contribution in [1.82, 2.24) is 10.2 Å². The maximum absolute atomic E-state index is 14.5. The van der Waals surface area contributed by atoms with Crippen molar-refractivity contribution in [2.75, 3.05) is 17.4 Å². The zero-order valence-corrected chi connectivity index (χ0v) is 28.5. The number of nitrogens with zero attached hydrogens (tertiary/aromatic N) is 2. The van der Waals surface area contributed by atoms with Gasteiger partial charge in [0.25, 0.3) is 10.0 Å². The normalized spacial score (nSPS) is 11.9. The Bertz CT molecular complexity index is 1690. The Morgan fingerprint density at radius 2 is 1.53 bits per heavy atom. The second kappa shape index (κ2) is 16.1. The van der Waals surface area contributed by atoms with E-state index >= 15 is 0 Å². The average Bonchev–Trinajstić information content (AvgIpc) is 3.04. The Hall–Kier alpha value is -3.66. The van der Waals surface area contributed by atoms with Crippen LogP contribution in [0.15, 0.2) is 112 Å². The van der Waals surface area contributed by atoms with Crippen molar-refractivity contribution in [1.29, 1.82) is 0 Å². The Kier molecular flexibility index (Phi) is 12.2. The number of carbonyl (C=O) groups excluding carboxylic acids is 2. The van der Waals surface area contributed by atoms with Crippen LogP contribution in [0.3, 0.4) is 0 Å². The fourth-order valence-corrected chi connectivity index (χ4v) is 6.70. The predicted molar refractivity (Wildman–Crippen MR) is 184 cm³/mol. The molecule has 0 aliphatic carbocycles. The highest BCUT2D eigenvalue weighted by molar-refractivity contribution is 9.10. The molecular weight excluding hydrogens is 674 g/mol. The molecule has 0 heterocycles. The van der Waals surface area contributed by atoms with E-state index in [1.807, 2.05) is 68.4 Å². The Morgan fingerprint density at radius 3 is 2.16 bits per heavy atom. The average molecular weight is 711 g/mol. The van der Waals surface area contributed by atoms with E-state index < -0.39 is 28.5 Å². The number of rotatable bonds is 14. The topological polar surface area (TPSA) is 86.8 Å². The molecule has 0 aromatic heterocycles. The summed E-state index contributed by atoms with van der Waals surface area (Å²) in [6, 6.07) is 28.9. The molecule has 0 bridgehead atoms. The molecule has 0 aliphatic heterocycles. The third-order valence-electron chi connectivity index (χ3n) is 7.42. The van der Waals surface area contributed by atoms with Gasteiger partial charge in [0, 0.05) is 29.0 Å². The van der Waals surface area contributed by atoms with Crippen LogP contribution in [0.5, 0.6) is 0 Å². The lowest BCUT2D eigenvalue weighted by Crippen LogP contribution is -2.53. The molecule has 2 amide bonds. The highest BCUT2D eigenvalue weighted by atomic mass is 79.9. The predicted octanol–water partition coefficient (Wildman–Crippen LogP) is 7.16. The number of unbranched alkanes of at least 4 members (excludes halogenated alkanes) is 1. The molecule has 4 rings (SSSR count). The molecule has 10 heteroatoms. The lowest BCUT2D eigenvalue weighted by molar-refractivity contribution is -0.140. The van der Waals surface area contributed by atoms with Gasteiger partial charge in [0.2, 0.25) is 11.8 Å². The van der Waals surface area contributed by atoms with E-state index in [1.165, 1.54) is 17.0 Å². The summed E-state index contributed by atoms with van der Waals surface area (Å²) in [6.07, 6.45) is 1.95. The number of amides is 2. The number of benzene rings is 4. The molecule has 0 radical (unpaired) electrons. The zero-order chi connectivity index (χ0) is 32.4. The SMILES string of the molecule is CCCCNC(=O)[C@H](Cc1ccccc1)N(Cc1ccc(Br)cc1)C(=O)CN(c1ccc(C)c(Cl)c1)S(=O)(=O)c1ccccc1. The van der Waals surface area contributed by atoms with Crippen molar-refractivity contribution in [2.45, 2.75) is 50.6 Å². The molecular formula is C35H37BrClN3O4S. The van der Waals surface area contributed by atoms with Gasteiger partial charge in [-0.05, 0) is 66.4 Å². The largest absolute Gasteiger partial charge is 0.354 e. The first-order chi connectivity index (χ1) is 21.6. The molecule has 236 valence electrons. The van der Waals surface area contributed by atoms with E-state index in [1.54, 1.807) is 36.4 Å². The Balaban J connectivity index is 1.79. The number of carbonyl (C=O) groups is 2. The van der Waals surface area contributed by atoms with E-state index in [0.717, 1.165) is 38.3 Å². The minimum atomic E-state index is -4.19. The van der Waals surface area contributed by atoms with E-state index in [2.05, 4.69) is 21.2 Å². The number of nitrogens with one attached hydrogen (secondary N) is 1. The lowest BCUT2D eigenvalue weighted by Gasteiger charge is -2.34. The fraction of sp³-hybridized carbons (Fsp3) is 0.257. The van der Waals surface area contributed by atoms with Crippen LogP contribution in [0.2, 0.25) is 5.02 Å². The molecule has 0 fully saturated rings. The van der Waals surface area contributed by atoms with Gasteiger partial charge in [0.15, 0.2) is 0 Å².